The van der Waals surface area contributed by atoms with Crippen molar-refractivity contribution in [3.8, 4) is 0 Å². The molecule has 2 aliphatic heterocycles. The fourth-order valence-corrected chi connectivity index (χ4v) is 7.67. The molecule has 0 radical (unpaired) electrons. The molecule has 0 bridgehead atoms. The largest absolute Gasteiger partial charge is 0.304 e. The number of benzene rings is 2. The number of nitro benzene ring substituents is 2. The first-order chi connectivity index (χ1) is 21.1. The Kier molecular flexibility index (Phi) is 8.58. The second kappa shape index (κ2) is 12.3. The smallest absolute Gasteiger partial charge is 0.269 e. The number of nitrogens with zero attached hydrogens (tertiary/aromatic N) is 6. The Balaban J connectivity index is 1.36. The van der Waals surface area contributed by atoms with Crippen LogP contribution in [0.15, 0.2) is 48.5 Å². The molecule has 2 atom stereocenters. The molecule has 4 aliphatic rings. The van der Waals surface area contributed by atoms with Crippen molar-refractivity contribution in [2.75, 3.05) is 79.5 Å². The van der Waals surface area contributed by atoms with E-state index in [0.29, 0.717) is 13.1 Å². The number of rotatable bonds is 12. The van der Waals surface area contributed by atoms with Gasteiger partial charge >= 0.3 is 0 Å². The molecule has 6 rings (SSSR count). The molecule has 11 heteroatoms. The summed E-state index contributed by atoms with van der Waals surface area (Å²) in [4.78, 5) is 46.9. The summed E-state index contributed by atoms with van der Waals surface area (Å²) in [6.45, 7) is 8.84. The number of Topliss-reactive ketones (excluding diaryl/α,β-unsaturated/α-hetero) is 1. The molecule has 11 nitrogen and oxygen atoms in total. The van der Waals surface area contributed by atoms with E-state index in [2.05, 4.69) is 33.7 Å². The van der Waals surface area contributed by atoms with E-state index in [4.69, 9.17) is 0 Å². The van der Waals surface area contributed by atoms with Crippen molar-refractivity contribution in [3.05, 3.63) is 79.9 Å². The predicted molar refractivity (Wildman–Crippen MR) is 168 cm³/mol. The third kappa shape index (κ3) is 6.15. The van der Waals surface area contributed by atoms with E-state index < -0.39 is 0 Å². The summed E-state index contributed by atoms with van der Waals surface area (Å²) in [5.41, 5.74) is 1.51. The molecular formula is C33H44N6O5. The fraction of sp³-hybridized carbons (Fsp3) is 0.606. The van der Waals surface area contributed by atoms with Crippen molar-refractivity contribution < 1.29 is 14.6 Å². The number of hydrogen-bond acceptors (Lipinski definition) is 9. The summed E-state index contributed by atoms with van der Waals surface area (Å²) in [6, 6.07) is 13.8. The number of non-ortho nitro benzene ring substituents is 2. The van der Waals surface area contributed by atoms with Crippen molar-refractivity contribution >= 4 is 17.2 Å². The molecule has 0 N–H and O–H groups in total. The van der Waals surface area contributed by atoms with Crippen LogP contribution < -0.4 is 0 Å². The molecule has 2 saturated heterocycles. The maximum Gasteiger partial charge on any atom is 0.269 e. The minimum absolute atomic E-state index is 0.0644. The second-order valence-electron chi connectivity index (χ2n) is 13.6. The van der Waals surface area contributed by atoms with E-state index in [1.54, 1.807) is 24.3 Å². The number of carbonyl (C=O) groups is 1. The molecule has 236 valence electrons. The number of piperazine rings is 2. The van der Waals surface area contributed by atoms with Gasteiger partial charge < -0.3 is 19.6 Å². The summed E-state index contributed by atoms with van der Waals surface area (Å²) < 4.78 is 0. The van der Waals surface area contributed by atoms with Crippen LogP contribution in [0.2, 0.25) is 0 Å². The Morgan fingerprint density at radius 3 is 1.23 bits per heavy atom. The Labute approximate surface area is 259 Å². The Morgan fingerprint density at radius 1 is 0.636 bits per heavy atom. The van der Waals surface area contributed by atoms with Gasteiger partial charge in [0.25, 0.3) is 11.4 Å². The summed E-state index contributed by atoms with van der Waals surface area (Å²) >= 11 is 0. The molecule has 44 heavy (non-hydrogen) atoms. The molecular weight excluding hydrogens is 560 g/mol. The second-order valence-corrected chi connectivity index (χ2v) is 13.6. The lowest BCUT2D eigenvalue weighted by molar-refractivity contribution is -0.385. The van der Waals surface area contributed by atoms with Gasteiger partial charge in [-0.3, -0.25) is 25.0 Å². The Morgan fingerprint density at radius 2 is 0.955 bits per heavy atom. The zero-order valence-electron chi connectivity index (χ0n) is 25.9. The van der Waals surface area contributed by atoms with Crippen LogP contribution >= 0.6 is 0 Å². The summed E-state index contributed by atoms with van der Waals surface area (Å²) in [5, 5.41) is 22.8. The van der Waals surface area contributed by atoms with Crippen molar-refractivity contribution in [2.45, 2.75) is 36.5 Å². The molecule has 2 unspecified atom stereocenters. The maximum atomic E-state index is 15.3. The predicted octanol–water partition coefficient (Wildman–Crippen LogP) is 3.56. The zero-order chi connectivity index (χ0) is 31.1. The van der Waals surface area contributed by atoms with Gasteiger partial charge in [-0.2, -0.15) is 0 Å². The van der Waals surface area contributed by atoms with Crippen molar-refractivity contribution in [1.82, 2.24) is 19.6 Å². The highest BCUT2D eigenvalue weighted by molar-refractivity contribution is 5.88. The van der Waals surface area contributed by atoms with Gasteiger partial charge in [0.05, 0.1) is 9.85 Å². The summed E-state index contributed by atoms with van der Waals surface area (Å²) in [7, 11) is 4.26. The van der Waals surface area contributed by atoms with E-state index in [1.807, 2.05) is 24.3 Å². The number of ketones is 1. The van der Waals surface area contributed by atoms with Gasteiger partial charge in [-0.05, 0) is 50.9 Å². The number of likely N-dealkylation sites (N-methyl/N-ethyl adjacent to an activating group) is 2. The lowest BCUT2D eigenvalue weighted by Crippen LogP contribution is -2.53. The third-order valence-corrected chi connectivity index (χ3v) is 11.0. The average Bonchev–Trinajstić information content (AvgIpc) is 3.96. The van der Waals surface area contributed by atoms with Gasteiger partial charge in [0.2, 0.25) is 0 Å². The minimum Gasteiger partial charge on any atom is -0.304 e. The molecule has 2 aliphatic carbocycles. The number of hydrogen-bond donors (Lipinski definition) is 0. The summed E-state index contributed by atoms with van der Waals surface area (Å²) in [5.74, 6) is -0.185. The standard InChI is InChI=1S/C33H44N6O5/c1-34-15-19-36(20-16-34)23-29(32(11-12-32)25-3-7-27(8-4-25)38(41)42)31(40)30(24-37-21-17-35(2)18-22-37)33(13-14-33)26-5-9-28(10-6-26)39(43)44/h3-10,29-30H,11-24H2,1-2H3. The van der Waals surface area contributed by atoms with E-state index in [9.17, 15) is 20.2 Å². The van der Waals surface area contributed by atoms with Crippen LogP contribution in [0.25, 0.3) is 0 Å². The maximum absolute atomic E-state index is 15.3. The van der Waals surface area contributed by atoms with Crippen LogP contribution in [-0.2, 0) is 15.6 Å². The van der Waals surface area contributed by atoms with Gasteiger partial charge in [-0.1, -0.05) is 24.3 Å². The molecule has 0 amide bonds. The fourth-order valence-electron chi connectivity index (χ4n) is 7.67. The summed E-state index contributed by atoms with van der Waals surface area (Å²) in [6.07, 6.45) is 3.56. The Hall–Kier alpha value is -3.25. The van der Waals surface area contributed by atoms with Crippen molar-refractivity contribution in [3.63, 3.8) is 0 Å². The minimum atomic E-state index is -0.372. The number of nitro groups is 2. The SMILES string of the molecule is CN1CCN(CC(C(=O)C(CN2CCN(C)CC2)C2(c3ccc([N+](=O)[O-])cc3)CC2)C2(c3ccc([N+](=O)[O-])cc3)CC2)CC1. The topological polar surface area (TPSA) is 116 Å². The van der Waals surface area contributed by atoms with E-state index in [0.717, 1.165) is 89.2 Å². The number of carbonyl (C=O) groups excluding carboxylic acids is 1. The van der Waals surface area contributed by atoms with Crippen LogP contribution in [-0.4, -0.2) is 115 Å². The van der Waals surface area contributed by atoms with Crippen LogP contribution in [0, 0.1) is 32.1 Å². The average molecular weight is 605 g/mol. The Bertz CT molecular complexity index is 1250. The lowest BCUT2D eigenvalue weighted by atomic mass is 9.70. The van der Waals surface area contributed by atoms with Crippen molar-refractivity contribution in [2.24, 2.45) is 11.8 Å². The molecule has 2 aromatic rings. The van der Waals surface area contributed by atoms with Gasteiger partial charge in [-0.25, -0.2) is 0 Å². The molecule has 4 fully saturated rings. The normalized spacial score (nSPS) is 23.5. The highest BCUT2D eigenvalue weighted by Crippen LogP contribution is 2.59. The van der Waals surface area contributed by atoms with Gasteiger partial charge in [0, 0.05) is 112 Å². The van der Waals surface area contributed by atoms with Gasteiger partial charge in [-0.15, -0.1) is 0 Å². The van der Waals surface area contributed by atoms with Crippen LogP contribution in [0.5, 0.6) is 0 Å². The van der Waals surface area contributed by atoms with E-state index in [1.165, 1.54) is 0 Å². The van der Waals surface area contributed by atoms with Crippen LogP contribution in [0.4, 0.5) is 11.4 Å². The first kappa shape index (κ1) is 30.8. The van der Waals surface area contributed by atoms with E-state index >= 15 is 4.79 Å². The first-order valence-electron chi connectivity index (χ1n) is 16.0. The quantitative estimate of drug-likeness (QED) is 0.265. The molecule has 2 saturated carbocycles. The van der Waals surface area contributed by atoms with Gasteiger partial charge in [0.1, 0.15) is 5.78 Å². The first-order valence-corrected chi connectivity index (χ1v) is 16.0. The molecule has 2 heterocycles. The van der Waals surface area contributed by atoms with Crippen LogP contribution in [0.3, 0.4) is 0 Å². The van der Waals surface area contributed by atoms with Gasteiger partial charge in [0.15, 0.2) is 0 Å². The lowest BCUT2D eigenvalue weighted by Gasteiger charge is -2.41. The van der Waals surface area contributed by atoms with E-state index in [-0.39, 0.29) is 49.7 Å². The van der Waals surface area contributed by atoms with Crippen LogP contribution in [0.1, 0.15) is 36.8 Å². The molecule has 0 spiro atoms. The zero-order valence-corrected chi connectivity index (χ0v) is 25.9. The molecule has 0 aromatic heterocycles. The highest BCUT2D eigenvalue weighted by Gasteiger charge is 2.60. The van der Waals surface area contributed by atoms with Crippen molar-refractivity contribution in [1.29, 1.82) is 0 Å². The third-order valence-electron chi connectivity index (χ3n) is 11.0. The highest BCUT2D eigenvalue weighted by atomic mass is 16.6. The molecule has 2 aromatic carbocycles. The monoisotopic (exact) mass is 604 g/mol.